The lowest BCUT2D eigenvalue weighted by Gasteiger charge is -2.09. The second-order valence-electron chi connectivity index (χ2n) is 4.54. The van der Waals surface area contributed by atoms with E-state index in [4.69, 9.17) is 10.00 Å². The summed E-state index contributed by atoms with van der Waals surface area (Å²) < 4.78 is 19.3. The molecule has 0 spiro atoms. The molecule has 0 saturated carbocycles. The zero-order valence-corrected chi connectivity index (χ0v) is 11.1. The first kappa shape index (κ1) is 13.1. The number of pyridine rings is 1. The Labute approximate surface area is 121 Å². The number of ether oxygens (including phenoxy) is 1. The SMILES string of the molecule is N#Cc1ccc(OCc2cccc3cccnc23)c(F)c1. The van der Waals surface area contributed by atoms with Crippen LogP contribution < -0.4 is 4.74 Å². The van der Waals surface area contributed by atoms with Crippen molar-refractivity contribution in [2.45, 2.75) is 6.61 Å². The molecule has 0 N–H and O–H groups in total. The van der Waals surface area contributed by atoms with Crippen LogP contribution >= 0.6 is 0 Å². The molecule has 0 fully saturated rings. The zero-order valence-electron chi connectivity index (χ0n) is 11.1. The molecule has 1 heterocycles. The lowest BCUT2D eigenvalue weighted by atomic mass is 10.1. The van der Waals surface area contributed by atoms with E-state index in [1.165, 1.54) is 12.1 Å². The second-order valence-corrected chi connectivity index (χ2v) is 4.54. The molecule has 0 aliphatic rings. The number of nitriles is 1. The molecule has 0 amide bonds. The quantitative estimate of drug-likeness (QED) is 0.731. The number of hydrogen-bond acceptors (Lipinski definition) is 3. The molecule has 2 aromatic carbocycles. The molecule has 102 valence electrons. The maximum atomic E-state index is 13.8. The number of hydrogen-bond donors (Lipinski definition) is 0. The summed E-state index contributed by atoms with van der Waals surface area (Å²) >= 11 is 0. The Bertz CT molecular complexity index is 834. The van der Waals surface area contributed by atoms with Gasteiger partial charge in [0.15, 0.2) is 11.6 Å². The first-order valence-corrected chi connectivity index (χ1v) is 6.43. The van der Waals surface area contributed by atoms with Crippen LogP contribution in [0.4, 0.5) is 4.39 Å². The number of para-hydroxylation sites is 1. The molecule has 0 unspecified atom stereocenters. The van der Waals surface area contributed by atoms with Crippen LogP contribution in [0.2, 0.25) is 0 Å². The monoisotopic (exact) mass is 278 g/mol. The third-order valence-electron chi connectivity index (χ3n) is 3.16. The molecule has 0 aliphatic heterocycles. The molecule has 21 heavy (non-hydrogen) atoms. The normalized spacial score (nSPS) is 10.3. The van der Waals surface area contributed by atoms with E-state index in [1.807, 2.05) is 36.4 Å². The van der Waals surface area contributed by atoms with Crippen LogP contribution in [-0.2, 0) is 6.61 Å². The number of aromatic nitrogens is 1. The number of rotatable bonds is 3. The Hall–Kier alpha value is -2.93. The smallest absolute Gasteiger partial charge is 0.166 e. The molecule has 0 bridgehead atoms. The predicted molar refractivity (Wildman–Crippen MR) is 77.2 cm³/mol. The van der Waals surface area contributed by atoms with Gasteiger partial charge in [-0.15, -0.1) is 0 Å². The zero-order chi connectivity index (χ0) is 14.7. The highest BCUT2D eigenvalue weighted by Crippen LogP contribution is 2.21. The molecule has 1 aromatic heterocycles. The molecule has 3 rings (SSSR count). The van der Waals surface area contributed by atoms with Crippen LogP contribution in [0.3, 0.4) is 0 Å². The molecular formula is C17H11FN2O. The van der Waals surface area contributed by atoms with Gasteiger partial charge in [0.1, 0.15) is 6.61 Å². The van der Waals surface area contributed by atoms with Gasteiger partial charge in [0.05, 0.1) is 17.1 Å². The summed E-state index contributed by atoms with van der Waals surface area (Å²) in [6, 6.07) is 15.7. The lowest BCUT2D eigenvalue weighted by molar-refractivity contribution is 0.291. The standard InChI is InChI=1S/C17H11FN2O/c18-15-9-12(10-19)6-7-16(15)21-11-14-4-1-3-13-5-2-8-20-17(13)14/h1-9H,11H2. The van der Waals surface area contributed by atoms with Gasteiger partial charge in [0, 0.05) is 17.1 Å². The van der Waals surface area contributed by atoms with Gasteiger partial charge in [-0.1, -0.05) is 24.3 Å². The van der Waals surface area contributed by atoms with Gasteiger partial charge in [-0.25, -0.2) is 4.39 Å². The fraction of sp³-hybridized carbons (Fsp3) is 0.0588. The van der Waals surface area contributed by atoms with Gasteiger partial charge in [-0.2, -0.15) is 5.26 Å². The van der Waals surface area contributed by atoms with Gasteiger partial charge < -0.3 is 4.74 Å². The van der Waals surface area contributed by atoms with Crippen molar-refractivity contribution < 1.29 is 9.13 Å². The van der Waals surface area contributed by atoms with Crippen molar-refractivity contribution >= 4 is 10.9 Å². The summed E-state index contributed by atoms with van der Waals surface area (Å²) in [6.07, 6.45) is 1.72. The summed E-state index contributed by atoms with van der Waals surface area (Å²) in [5.41, 5.74) is 2.00. The van der Waals surface area contributed by atoms with Crippen LogP contribution in [0.1, 0.15) is 11.1 Å². The van der Waals surface area contributed by atoms with Crippen LogP contribution in [-0.4, -0.2) is 4.98 Å². The van der Waals surface area contributed by atoms with E-state index in [0.29, 0.717) is 0 Å². The summed E-state index contributed by atoms with van der Waals surface area (Å²) in [6.45, 7) is 0.219. The number of benzene rings is 2. The van der Waals surface area contributed by atoms with E-state index in [2.05, 4.69) is 4.98 Å². The van der Waals surface area contributed by atoms with E-state index in [-0.39, 0.29) is 17.9 Å². The summed E-state index contributed by atoms with van der Waals surface area (Å²) in [4.78, 5) is 4.33. The Kier molecular flexibility index (Phi) is 3.48. The van der Waals surface area contributed by atoms with E-state index in [1.54, 1.807) is 6.20 Å². The van der Waals surface area contributed by atoms with Gasteiger partial charge in [0.25, 0.3) is 0 Å². The average molecular weight is 278 g/mol. The highest BCUT2D eigenvalue weighted by Gasteiger charge is 2.07. The van der Waals surface area contributed by atoms with Crippen LogP contribution in [0.5, 0.6) is 5.75 Å². The van der Waals surface area contributed by atoms with Crippen molar-refractivity contribution in [1.29, 1.82) is 5.26 Å². The topological polar surface area (TPSA) is 45.9 Å². The third-order valence-corrected chi connectivity index (χ3v) is 3.16. The largest absolute Gasteiger partial charge is 0.486 e. The summed E-state index contributed by atoms with van der Waals surface area (Å²) in [5, 5.41) is 9.73. The highest BCUT2D eigenvalue weighted by molar-refractivity contribution is 5.81. The second kappa shape index (κ2) is 5.59. The maximum Gasteiger partial charge on any atom is 0.166 e. The molecule has 0 radical (unpaired) electrons. The van der Waals surface area contributed by atoms with Crippen molar-refractivity contribution in [2.24, 2.45) is 0 Å². The first-order valence-electron chi connectivity index (χ1n) is 6.43. The summed E-state index contributed by atoms with van der Waals surface area (Å²) in [5.74, 6) is -0.413. The number of halogens is 1. The van der Waals surface area contributed by atoms with E-state index < -0.39 is 5.82 Å². The molecule has 0 atom stereocenters. The molecule has 4 heteroatoms. The molecule has 0 aliphatic carbocycles. The van der Waals surface area contributed by atoms with E-state index >= 15 is 0 Å². The first-order chi connectivity index (χ1) is 10.3. The van der Waals surface area contributed by atoms with Gasteiger partial charge >= 0.3 is 0 Å². The van der Waals surface area contributed by atoms with Crippen molar-refractivity contribution in [3.05, 3.63) is 71.7 Å². The third kappa shape index (κ3) is 2.67. The maximum absolute atomic E-state index is 13.8. The molecule has 3 aromatic rings. The van der Waals surface area contributed by atoms with Crippen molar-refractivity contribution in [3.63, 3.8) is 0 Å². The van der Waals surface area contributed by atoms with Crippen LogP contribution in [0.25, 0.3) is 10.9 Å². The Morgan fingerprint density at radius 1 is 1.14 bits per heavy atom. The van der Waals surface area contributed by atoms with Gasteiger partial charge in [-0.05, 0) is 24.3 Å². The Morgan fingerprint density at radius 2 is 2.00 bits per heavy atom. The van der Waals surface area contributed by atoms with E-state index in [9.17, 15) is 4.39 Å². The minimum atomic E-state index is -0.540. The average Bonchev–Trinajstić information content (AvgIpc) is 2.53. The highest BCUT2D eigenvalue weighted by atomic mass is 19.1. The van der Waals surface area contributed by atoms with Crippen LogP contribution in [0, 0.1) is 17.1 Å². The molecule has 0 saturated heterocycles. The fourth-order valence-corrected chi connectivity index (χ4v) is 2.13. The molecular weight excluding hydrogens is 267 g/mol. The van der Waals surface area contributed by atoms with Gasteiger partial charge in [-0.3, -0.25) is 4.98 Å². The van der Waals surface area contributed by atoms with Crippen molar-refractivity contribution in [1.82, 2.24) is 4.98 Å². The van der Waals surface area contributed by atoms with E-state index in [0.717, 1.165) is 22.5 Å². The fourth-order valence-electron chi connectivity index (χ4n) is 2.13. The van der Waals surface area contributed by atoms with Gasteiger partial charge in [0.2, 0.25) is 0 Å². The van der Waals surface area contributed by atoms with Crippen molar-refractivity contribution in [2.75, 3.05) is 0 Å². The predicted octanol–water partition coefficient (Wildman–Crippen LogP) is 3.82. The Morgan fingerprint density at radius 3 is 2.81 bits per heavy atom. The minimum absolute atomic E-state index is 0.127. The minimum Gasteiger partial charge on any atom is -0.486 e. The number of fused-ring (bicyclic) bond motifs is 1. The molecule has 3 nitrogen and oxygen atoms in total. The number of nitrogens with zero attached hydrogens (tertiary/aromatic N) is 2. The lowest BCUT2D eigenvalue weighted by Crippen LogP contribution is -1.99. The van der Waals surface area contributed by atoms with Crippen molar-refractivity contribution in [3.8, 4) is 11.8 Å². The summed E-state index contributed by atoms with van der Waals surface area (Å²) in [7, 11) is 0. The van der Waals surface area contributed by atoms with Crippen LogP contribution in [0.15, 0.2) is 54.7 Å². The Balaban J connectivity index is 1.86.